The van der Waals surface area contributed by atoms with E-state index in [2.05, 4.69) is 15.6 Å². The van der Waals surface area contributed by atoms with Crippen LogP contribution >= 0.6 is 0 Å². The number of rotatable bonds is 12. The van der Waals surface area contributed by atoms with E-state index in [4.69, 9.17) is 48.0 Å². The predicted octanol–water partition coefficient (Wildman–Crippen LogP) is -9.10. The number of aliphatic imine (C=N–C) groups is 1. The van der Waals surface area contributed by atoms with Crippen LogP contribution in [-0.2, 0) is 19.0 Å². The molecule has 0 aromatic carbocycles. The van der Waals surface area contributed by atoms with E-state index in [1.54, 1.807) is 0 Å². The van der Waals surface area contributed by atoms with Gasteiger partial charge in [-0.3, -0.25) is 4.79 Å². The molecule has 1 amide bonds. The first-order chi connectivity index (χ1) is 21.6. The van der Waals surface area contributed by atoms with Crippen LogP contribution in [0.15, 0.2) is 4.99 Å². The maximum absolute atomic E-state index is 13.2. The smallest absolute Gasteiger partial charge is 0.254 e. The number of nitrogens with one attached hydrogen (secondary N) is 2. The first-order valence-electron chi connectivity index (χ1n) is 15.3. The highest BCUT2D eigenvalue weighted by molar-refractivity contribution is 5.90. The van der Waals surface area contributed by atoms with Crippen molar-refractivity contribution in [1.82, 2.24) is 10.6 Å². The molecule has 2 aliphatic carbocycles. The number of aliphatic hydroxyl groups excluding tert-OH is 7. The van der Waals surface area contributed by atoms with E-state index in [1.165, 1.54) is 0 Å². The number of carbonyl (C=O) groups excluding carboxylic acids is 1. The minimum Gasteiger partial charge on any atom is -0.394 e. The van der Waals surface area contributed by atoms with Crippen LogP contribution in [0.2, 0.25) is 0 Å². The summed E-state index contributed by atoms with van der Waals surface area (Å²) in [5, 5.41) is 88.2. The molecule has 46 heavy (non-hydrogen) atoms. The van der Waals surface area contributed by atoms with Gasteiger partial charge in [-0.05, 0) is 12.8 Å². The van der Waals surface area contributed by atoms with Crippen LogP contribution < -0.4 is 39.3 Å². The second-order valence-electron chi connectivity index (χ2n) is 12.7. The largest absolute Gasteiger partial charge is 0.394 e. The summed E-state index contributed by atoms with van der Waals surface area (Å²) in [6.07, 6.45) is -12.7. The van der Waals surface area contributed by atoms with E-state index in [0.717, 1.165) is 0 Å². The number of hydrogen-bond acceptors (Lipinski definition) is 17. The van der Waals surface area contributed by atoms with Gasteiger partial charge in [0.15, 0.2) is 17.9 Å². The molecular formula is C26H50N8O12. The van der Waals surface area contributed by atoms with Crippen LogP contribution in [0.3, 0.4) is 0 Å². The van der Waals surface area contributed by atoms with Crippen LogP contribution in [0.25, 0.3) is 0 Å². The lowest BCUT2D eigenvalue weighted by molar-refractivity contribution is -0.306. The van der Waals surface area contributed by atoms with Gasteiger partial charge in [0.25, 0.3) is 5.91 Å². The van der Waals surface area contributed by atoms with Crippen LogP contribution in [-0.4, -0.2) is 176 Å². The van der Waals surface area contributed by atoms with Gasteiger partial charge in [0.2, 0.25) is 0 Å². The summed E-state index contributed by atoms with van der Waals surface area (Å²) in [7, 11) is 0. The Labute approximate surface area is 264 Å². The summed E-state index contributed by atoms with van der Waals surface area (Å²) in [4.78, 5) is 17.0. The molecule has 20 heteroatoms. The Morgan fingerprint density at radius 1 is 1.00 bits per heavy atom. The van der Waals surface area contributed by atoms with Gasteiger partial charge in [-0.2, -0.15) is 0 Å². The van der Waals surface area contributed by atoms with Crippen molar-refractivity contribution < 1.29 is 59.9 Å². The number of ether oxygens (including phenoxy) is 3. The molecule has 4 rings (SSSR count). The normalized spacial score (nSPS) is 46.7. The standard InChI is InChI=1S/C26H50N8O12/c27-9-1-11(33-24(42)26(43)3-15(26)34-25(30)31)22(46-23-20(41)17(29)18(39)14(7-36)45-23)19(40)16(9)21-10(28)2-12(38)13(44-21)5-32-4-8(37)6-35/h8-23,32,35-41,43H,1-7,27-29H2,(H,33,42)(H4,30,31,34). The molecule has 0 radical (unpaired) electrons. The van der Waals surface area contributed by atoms with Crippen molar-refractivity contribution in [3.8, 4) is 0 Å². The number of carbonyl (C=O) groups is 1. The summed E-state index contributed by atoms with van der Waals surface area (Å²) in [5.74, 6) is -2.15. The molecule has 20 N–H and O–H groups in total. The van der Waals surface area contributed by atoms with E-state index in [9.17, 15) is 40.5 Å². The summed E-state index contributed by atoms with van der Waals surface area (Å²) in [5.41, 5.74) is 27.7. The maximum atomic E-state index is 13.2. The fraction of sp³-hybridized carbons (Fsp3) is 0.923. The molecule has 0 spiro atoms. The second-order valence-corrected chi connectivity index (χ2v) is 12.7. The summed E-state index contributed by atoms with van der Waals surface area (Å²) >= 11 is 0. The van der Waals surface area contributed by atoms with Gasteiger partial charge in [-0.25, -0.2) is 4.99 Å². The summed E-state index contributed by atoms with van der Waals surface area (Å²) in [6, 6.07) is -4.98. The van der Waals surface area contributed by atoms with Crippen molar-refractivity contribution in [2.75, 3.05) is 26.3 Å². The SMILES string of the molecule is NC(N)=NC1CC1(O)C(=O)NC1CC(N)C(C2OC(CNCC(O)CO)C(O)CC2N)C(O)C1OC1OC(CO)C(O)C(N)C1O. The maximum Gasteiger partial charge on any atom is 0.254 e. The van der Waals surface area contributed by atoms with Gasteiger partial charge >= 0.3 is 0 Å². The van der Waals surface area contributed by atoms with Gasteiger partial charge in [0.1, 0.15) is 24.4 Å². The molecule has 0 bridgehead atoms. The Morgan fingerprint density at radius 3 is 2.33 bits per heavy atom. The fourth-order valence-corrected chi connectivity index (χ4v) is 6.51. The number of guanidine groups is 1. The molecule has 0 aromatic heterocycles. The third-order valence-corrected chi connectivity index (χ3v) is 9.30. The number of nitrogens with zero attached hydrogens (tertiary/aromatic N) is 1. The Hall–Kier alpha value is -1.86. The molecule has 266 valence electrons. The Balaban J connectivity index is 1.57. The number of hydrogen-bond donors (Lipinski definition) is 15. The quantitative estimate of drug-likeness (QED) is 0.0678. The Kier molecular flexibility index (Phi) is 12.2. The number of amides is 1. The third-order valence-electron chi connectivity index (χ3n) is 9.30. The lowest BCUT2D eigenvalue weighted by Crippen LogP contribution is -2.70. The van der Waals surface area contributed by atoms with Crippen molar-refractivity contribution in [3.05, 3.63) is 0 Å². The minimum absolute atomic E-state index is 0.0223. The molecule has 17 unspecified atom stereocenters. The Morgan fingerprint density at radius 2 is 1.70 bits per heavy atom. The van der Waals surface area contributed by atoms with Crippen molar-refractivity contribution in [1.29, 1.82) is 0 Å². The topological polar surface area (TPSA) is 373 Å². The zero-order chi connectivity index (χ0) is 34.1. The van der Waals surface area contributed by atoms with Gasteiger partial charge < -0.3 is 94.4 Å². The van der Waals surface area contributed by atoms with Crippen molar-refractivity contribution in [3.63, 3.8) is 0 Å². The highest BCUT2D eigenvalue weighted by atomic mass is 16.7. The van der Waals surface area contributed by atoms with Crippen LogP contribution in [0, 0.1) is 5.92 Å². The first kappa shape index (κ1) is 37.0. The molecule has 2 aliphatic heterocycles. The average molecular weight is 667 g/mol. The third kappa shape index (κ3) is 7.88. The van der Waals surface area contributed by atoms with E-state index in [-0.39, 0.29) is 38.3 Å². The summed E-state index contributed by atoms with van der Waals surface area (Å²) in [6.45, 7) is -1.04. The molecule has 20 nitrogen and oxygen atoms in total. The van der Waals surface area contributed by atoms with Crippen LogP contribution in [0.4, 0.5) is 0 Å². The molecular weight excluding hydrogens is 616 g/mol. The van der Waals surface area contributed by atoms with Crippen molar-refractivity contribution in [2.45, 2.75) is 116 Å². The van der Waals surface area contributed by atoms with Gasteiger partial charge in [0.05, 0.1) is 61.9 Å². The number of nitrogens with two attached hydrogens (primary N) is 5. The number of aliphatic hydroxyl groups is 8. The average Bonchev–Trinajstić information content (AvgIpc) is 3.65. The van der Waals surface area contributed by atoms with Gasteiger partial charge in [0, 0.05) is 37.5 Å². The predicted molar refractivity (Wildman–Crippen MR) is 157 cm³/mol. The fourth-order valence-electron chi connectivity index (χ4n) is 6.51. The van der Waals surface area contributed by atoms with E-state index in [1.807, 2.05) is 0 Å². The minimum atomic E-state index is -1.94. The zero-order valence-electron chi connectivity index (χ0n) is 25.2. The molecule has 0 aromatic rings. The Bertz CT molecular complexity index is 1060. The van der Waals surface area contributed by atoms with E-state index >= 15 is 0 Å². The molecule has 4 aliphatic rings. The highest BCUT2D eigenvalue weighted by Gasteiger charge is 2.61. The molecule has 17 atom stereocenters. The lowest BCUT2D eigenvalue weighted by atomic mass is 9.72. The van der Waals surface area contributed by atoms with Crippen LogP contribution in [0.5, 0.6) is 0 Å². The van der Waals surface area contributed by atoms with E-state index in [0.29, 0.717) is 0 Å². The van der Waals surface area contributed by atoms with Crippen molar-refractivity contribution in [2.24, 2.45) is 39.6 Å². The highest BCUT2D eigenvalue weighted by Crippen LogP contribution is 2.41. The first-order valence-corrected chi connectivity index (χ1v) is 15.3. The van der Waals surface area contributed by atoms with Crippen LogP contribution in [0.1, 0.15) is 19.3 Å². The monoisotopic (exact) mass is 666 g/mol. The molecule has 2 saturated carbocycles. The summed E-state index contributed by atoms with van der Waals surface area (Å²) < 4.78 is 17.8. The van der Waals surface area contributed by atoms with Gasteiger partial charge in [-0.15, -0.1) is 0 Å². The molecule has 4 fully saturated rings. The van der Waals surface area contributed by atoms with Crippen molar-refractivity contribution >= 4 is 11.9 Å². The van der Waals surface area contributed by atoms with E-state index < -0.39 is 122 Å². The second kappa shape index (κ2) is 15.1. The molecule has 2 heterocycles. The molecule has 2 saturated heterocycles. The van der Waals surface area contributed by atoms with Gasteiger partial charge in [-0.1, -0.05) is 0 Å². The zero-order valence-corrected chi connectivity index (χ0v) is 25.2. The lowest BCUT2D eigenvalue weighted by Gasteiger charge is -2.51.